The van der Waals surface area contributed by atoms with E-state index in [0.717, 1.165) is 17.7 Å². The third-order valence-electron chi connectivity index (χ3n) is 3.05. The Morgan fingerprint density at radius 2 is 2.06 bits per heavy atom. The van der Waals surface area contributed by atoms with Gasteiger partial charge in [0, 0.05) is 19.1 Å². The maximum absolute atomic E-state index is 12.0. The predicted molar refractivity (Wildman–Crippen MR) is 71.9 cm³/mol. The highest BCUT2D eigenvalue weighted by Crippen LogP contribution is 2.21. The first-order valence-electron chi connectivity index (χ1n) is 6.35. The molecule has 1 aromatic carbocycles. The summed E-state index contributed by atoms with van der Waals surface area (Å²) < 4.78 is 26.6. The summed E-state index contributed by atoms with van der Waals surface area (Å²) in [6, 6.07) is 6.24. The SMILES string of the molecule is CCNS(=O)(=O)c1cc(CNC2CC2)ccc1C. The van der Waals surface area contributed by atoms with Crippen LogP contribution in [0, 0.1) is 6.92 Å². The Kier molecular flexibility index (Phi) is 4.04. The summed E-state index contributed by atoms with van der Waals surface area (Å²) in [5.74, 6) is 0. The Labute approximate surface area is 109 Å². The van der Waals surface area contributed by atoms with Crippen molar-refractivity contribution < 1.29 is 8.42 Å². The zero-order valence-corrected chi connectivity index (χ0v) is 11.7. The molecule has 100 valence electrons. The fourth-order valence-electron chi connectivity index (χ4n) is 1.86. The number of hydrogen-bond donors (Lipinski definition) is 2. The van der Waals surface area contributed by atoms with E-state index in [-0.39, 0.29) is 0 Å². The van der Waals surface area contributed by atoms with E-state index in [1.165, 1.54) is 12.8 Å². The van der Waals surface area contributed by atoms with Gasteiger partial charge in [-0.1, -0.05) is 19.1 Å². The van der Waals surface area contributed by atoms with Gasteiger partial charge in [-0.15, -0.1) is 0 Å². The van der Waals surface area contributed by atoms with Gasteiger partial charge in [-0.2, -0.15) is 0 Å². The van der Waals surface area contributed by atoms with Crippen LogP contribution in [0.3, 0.4) is 0 Å². The molecular formula is C13H20N2O2S. The van der Waals surface area contributed by atoms with E-state index in [1.54, 1.807) is 13.0 Å². The average molecular weight is 268 g/mol. The first-order valence-corrected chi connectivity index (χ1v) is 7.84. The molecule has 4 nitrogen and oxygen atoms in total. The van der Waals surface area contributed by atoms with Gasteiger partial charge in [-0.3, -0.25) is 0 Å². The summed E-state index contributed by atoms with van der Waals surface area (Å²) >= 11 is 0. The van der Waals surface area contributed by atoms with E-state index in [2.05, 4.69) is 10.0 Å². The minimum atomic E-state index is -3.36. The lowest BCUT2D eigenvalue weighted by Gasteiger charge is -2.10. The summed E-state index contributed by atoms with van der Waals surface area (Å²) in [7, 11) is -3.36. The molecule has 5 heteroatoms. The van der Waals surface area contributed by atoms with Crippen molar-refractivity contribution in [1.29, 1.82) is 0 Å². The fraction of sp³-hybridized carbons (Fsp3) is 0.538. The monoisotopic (exact) mass is 268 g/mol. The second-order valence-corrected chi connectivity index (χ2v) is 6.49. The van der Waals surface area contributed by atoms with E-state index in [9.17, 15) is 8.42 Å². The Hall–Kier alpha value is -0.910. The highest BCUT2D eigenvalue weighted by Gasteiger charge is 2.21. The molecule has 0 bridgehead atoms. The molecule has 1 saturated carbocycles. The van der Waals surface area contributed by atoms with E-state index in [4.69, 9.17) is 0 Å². The zero-order valence-electron chi connectivity index (χ0n) is 10.9. The fourth-order valence-corrected chi connectivity index (χ4v) is 3.20. The standard InChI is InChI=1S/C13H20N2O2S/c1-3-15-18(16,17)13-8-11(5-4-10(13)2)9-14-12-6-7-12/h4-5,8,12,14-15H,3,6-7,9H2,1-2H3. The molecule has 2 rings (SSSR count). The smallest absolute Gasteiger partial charge is 0.240 e. The van der Waals surface area contributed by atoms with E-state index in [0.29, 0.717) is 17.5 Å². The molecule has 0 heterocycles. The van der Waals surface area contributed by atoms with E-state index in [1.807, 2.05) is 19.1 Å². The van der Waals surface area contributed by atoms with Crippen LogP contribution in [0.4, 0.5) is 0 Å². The third-order valence-corrected chi connectivity index (χ3v) is 4.74. The van der Waals surface area contributed by atoms with Gasteiger partial charge in [0.05, 0.1) is 4.90 Å². The van der Waals surface area contributed by atoms with Crippen LogP contribution in [0.15, 0.2) is 23.1 Å². The number of hydrogen-bond acceptors (Lipinski definition) is 3. The molecule has 1 fully saturated rings. The van der Waals surface area contributed by atoms with Crippen molar-refractivity contribution in [3.63, 3.8) is 0 Å². The second kappa shape index (κ2) is 5.38. The molecule has 0 spiro atoms. The molecule has 0 atom stereocenters. The van der Waals surface area contributed by atoms with Crippen LogP contribution in [-0.2, 0) is 16.6 Å². The van der Waals surface area contributed by atoms with Crippen LogP contribution in [0.2, 0.25) is 0 Å². The number of nitrogens with one attached hydrogen (secondary N) is 2. The van der Waals surface area contributed by atoms with Crippen molar-refractivity contribution >= 4 is 10.0 Å². The number of sulfonamides is 1. The van der Waals surface area contributed by atoms with Gasteiger partial charge in [0.1, 0.15) is 0 Å². The Morgan fingerprint density at radius 1 is 1.33 bits per heavy atom. The van der Waals surface area contributed by atoms with E-state index >= 15 is 0 Å². The summed E-state index contributed by atoms with van der Waals surface area (Å²) in [5.41, 5.74) is 1.80. The molecular weight excluding hydrogens is 248 g/mol. The lowest BCUT2D eigenvalue weighted by molar-refractivity contribution is 0.583. The minimum absolute atomic E-state index is 0.388. The summed E-state index contributed by atoms with van der Waals surface area (Å²) in [5, 5.41) is 3.39. The summed E-state index contributed by atoms with van der Waals surface area (Å²) in [6.07, 6.45) is 2.46. The van der Waals surface area contributed by atoms with Crippen LogP contribution in [0.5, 0.6) is 0 Å². The maximum Gasteiger partial charge on any atom is 0.240 e. The van der Waals surface area contributed by atoms with Crippen molar-refractivity contribution in [1.82, 2.24) is 10.0 Å². The zero-order chi connectivity index (χ0) is 13.2. The average Bonchev–Trinajstić information content (AvgIpc) is 3.11. The highest BCUT2D eigenvalue weighted by atomic mass is 32.2. The van der Waals surface area contributed by atoms with Crippen molar-refractivity contribution in [2.45, 2.75) is 44.2 Å². The highest BCUT2D eigenvalue weighted by molar-refractivity contribution is 7.89. The predicted octanol–water partition coefficient (Wildman–Crippen LogP) is 1.55. The molecule has 0 aliphatic heterocycles. The number of benzene rings is 1. The van der Waals surface area contributed by atoms with Crippen LogP contribution in [-0.4, -0.2) is 21.0 Å². The minimum Gasteiger partial charge on any atom is -0.310 e. The molecule has 0 aromatic heterocycles. The maximum atomic E-state index is 12.0. The van der Waals surface area contributed by atoms with E-state index < -0.39 is 10.0 Å². The Bertz CT molecular complexity index is 522. The van der Waals surface area contributed by atoms with Gasteiger partial charge >= 0.3 is 0 Å². The quantitative estimate of drug-likeness (QED) is 0.823. The first kappa shape index (κ1) is 13.5. The molecule has 0 unspecified atom stereocenters. The van der Waals surface area contributed by atoms with Crippen LogP contribution < -0.4 is 10.0 Å². The lowest BCUT2D eigenvalue weighted by atomic mass is 10.1. The van der Waals surface area contributed by atoms with Crippen molar-refractivity contribution in [2.24, 2.45) is 0 Å². The van der Waals surface area contributed by atoms with Crippen molar-refractivity contribution in [3.8, 4) is 0 Å². The summed E-state index contributed by atoms with van der Waals surface area (Å²) in [6.45, 7) is 4.75. The van der Waals surface area contributed by atoms with Crippen molar-refractivity contribution in [2.75, 3.05) is 6.54 Å². The molecule has 2 N–H and O–H groups in total. The first-order chi connectivity index (χ1) is 8.53. The molecule has 18 heavy (non-hydrogen) atoms. The van der Waals surface area contributed by atoms with Gasteiger partial charge in [0.25, 0.3) is 0 Å². The Balaban J connectivity index is 2.19. The molecule has 1 aliphatic carbocycles. The van der Waals surface area contributed by atoms with Crippen LogP contribution >= 0.6 is 0 Å². The van der Waals surface area contributed by atoms with Crippen LogP contribution in [0.1, 0.15) is 30.9 Å². The topological polar surface area (TPSA) is 58.2 Å². The Morgan fingerprint density at radius 3 is 2.67 bits per heavy atom. The number of rotatable bonds is 6. The van der Waals surface area contributed by atoms with Gasteiger partial charge < -0.3 is 5.32 Å². The number of aryl methyl sites for hydroxylation is 1. The van der Waals surface area contributed by atoms with Crippen LogP contribution in [0.25, 0.3) is 0 Å². The molecule has 0 amide bonds. The van der Waals surface area contributed by atoms with Gasteiger partial charge in [0.15, 0.2) is 0 Å². The van der Waals surface area contributed by atoms with Gasteiger partial charge in [-0.05, 0) is 37.0 Å². The largest absolute Gasteiger partial charge is 0.310 e. The second-order valence-electron chi connectivity index (χ2n) is 4.76. The molecule has 0 saturated heterocycles. The van der Waals surface area contributed by atoms with Gasteiger partial charge in [-0.25, -0.2) is 13.1 Å². The third kappa shape index (κ3) is 3.31. The molecule has 0 radical (unpaired) electrons. The summed E-state index contributed by atoms with van der Waals surface area (Å²) in [4.78, 5) is 0.388. The van der Waals surface area contributed by atoms with Crippen molar-refractivity contribution in [3.05, 3.63) is 29.3 Å². The molecule has 1 aromatic rings. The lowest BCUT2D eigenvalue weighted by Crippen LogP contribution is -2.24. The normalized spacial score (nSPS) is 15.9. The van der Waals surface area contributed by atoms with Gasteiger partial charge in [0.2, 0.25) is 10.0 Å². The molecule has 1 aliphatic rings.